The molecule has 0 bridgehead atoms. The maximum Gasteiger partial charge on any atom is 0.162 e. The van der Waals surface area contributed by atoms with Crippen LogP contribution in [0.4, 0.5) is 0 Å². The van der Waals surface area contributed by atoms with Gasteiger partial charge in [-0.05, 0) is 12.0 Å². The van der Waals surface area contributed by atoms with Crippen LogP contribution in [0, 0.1) is 0 Å². The Kier molecular flexibility index (Phi) is 5.94. The highest BCUT2D eigenvalue weighted by atomic mass is 127. The van der Waals surface area contributed by atoms with Gasteiger partial charge in [0, 0.05) is 23.5 Å². The molecule has 2 nitrogen and oxygen atoms in total. The Labute approximate surface area is 139 Å². The molecule has 0 radical (unpaired) electrons. The zero-order valence-electron chi connectivity index (χ0n) is 12.1. The number of Topliss-reactive ketones (excluding diaryl/α,β-unsaturated/α-hetero) is 1. The summed E-state index contributed by atoms with van der Waals surface area (Å²) in [6, 6.07) is 19.6. The Hall–Kier alpha value is -1.20. The van der Waals surface area contributed by atoms with Crippen LogP contribution in [-0.2, 0) is 10.3 Å². The second-order valence-corrected chi connectivity index (χ2v) is 5.75. The molecule has 1 atom stereocenters. The number of ketones is 1. The van der Waals surface area contributed by atoms with Gasteiger partial charge in [0.05, 0.1) is 0 Å². The monoisotopic (exact) mass is 394 g/mol. The smallest absolute Gasteiger partial charge is 0.162 e. The fraction of sp³-hybridized carbons (Fsp3) is 0.278. The number of hydrogen-bond acceptors (Lipinski definition) is 2. The van der Waals surface area contributed by atoms with Crippen molar-refractivity contribution in [2.24, 2.45) is 0 Å². The number of rotatable bonds is 7. The van der Waals surface area contributed by atoms with Gasteiger partial charge >= 0.3 is 0 Å². The first kappa shape index (κ1) is 16.2. The van der Waals surface area contributed by atoms with E-state index in [9.17, 15) is 4.79 Å². The van der Waals surface area contributed by atoms with Crippen molar-refractivity contribution in [3.8, 4) is 0 Å². The summed E-state index contributed by atoms with van der Waals surface area (Å²) in [6.45, 7) is 0. The van der Waals surface area contributed by atoms with E-state index in [1.54, 1.807) is 7.11 Å². The lowest BCUT2D eigenvalue weighted by Gasteiger charge is -2.31. The molecule has 0 aliphatic carbocycles. The van der Waals surface area contributed by atoms with Crippen molar-refractivity contribution in [1.29, 1.82) is 0 Å². The summed E-state index contributed by atoms with van der Waals surface area (Å²) in [5.74, 6) is 0.165. The third-order valence-electron chi connectivity index (χ3n) is 3.76. The van der Waals surface area contributed by atoms with Crippen molar-refractivity contribution in [2.45, 2.75) is 18.4 Å². The lowest BCUT2D eigenvalue weighted by molar-refractivity contribution is 0.000686. The van der Waals surface area contributed by atoms with Crippen LogP contribution in [0.2, 0.25) is 0 Å². The molecule has 21 heavy (non-hydrogen) atoms. The van der Waals surface area contributed by atoms with Crippen molar-refractivity contribution in [1.82, 2.24) is 0 Å². The molecular formula is C18H19IO2. The summed E-state index contributed by atoms with van der Waals surface area (Å²) in [4.78, 5) is 12.3. The van der Waals surface area contributed by atoms with Gasteiger partial charge in [0.25, 0.3) is 0 Å². The maximum absolute atomic E-state index is 12.3. The predicted octanol–water partition coefficient (Wildman–Crippen LogP) is 4.63. The Balaban J connectivity index is 2.13. The SMILES string of the molecule is COC(CI)(CCC(=O)c1ccccc1)c1ccccc1. The van der Waals surface area contributed by atoms with Crippen LogP contribution in [0.15, 0.2) is 60.7 Å². The number of ether oxygens (including phenoxy) is 1. The first-order chi connectivity index (χ1) is 10.2. The molecule has 2 aromatic rings. The molecule has 0 aliphatic rings. The van der Waals surface area contributed by atoms with E-state index in [0.717, 1.165) is 15.6 Å². The van der Waals surface area contributed by atoms with E-state index in [1.807, 2.05) is 48.5 Å². The van der Waals surface area contributed by atoms with E-state index in [2.05, 4.69) is 34.7 Å². The Bertz CT molecular complexity index is 562. The van der Waals surface area contributed by atoms with E-state index in [4.69, 9.17) is 4.74 Å². The summed E-state index contributed by atoms with van der Waals surface area (Å²) in [5, 5.41) is 0. The number of carbonyl (C=O) groups is 1. The van der Waals surface area contributed by atoms with Crippen LogP contribution >= 0.6 is 22.6 Å². The second kappa shape index (κ2) is 7.71. The minimum Gasteiger partial charge on any atom is -0.373 e. The molecule has 0 amide bonds. The van der Waals surface area contributed by atoms with E-state index in [1.165, 1.54) is 0 Å². The minimum atomic E-state index is -0.397. The summed E-state index contributed by atoms with van der Waals surface area (Å²) in [6.07, 6.45) is 1.17. The Morgan fingerprint density at radius 3 is 2.14 bits per heavy atom. The van der Waals surface area contributed by atoms with Crippen LogP contribution < -0.4 is 0 Å². The van der Waals surface area contributed by atoms with Gasteiger partial charge in [-0.25, -0.2) is 0 Å². The number of methoxy groups -OCH3 is 1. The predicted molar refractivity (Wildman–Crippen MR) is 94.0 cm³/mol. The van der Waals surface area contributed by atoms with Gasteiger partial charge in [-0.3, -0.25) is 4.79 Å². The van der Waals surface area contributed by atoms with E-state index in [0.29, 0.717) is 12.8 Å². The van der Waals surface area contributed by atoms with Crippen molar-refractivity contribution in [3.05, 3.63) is 71.8 Å². The molecule has 0 spiro atoms. The number of alkyl halides is 1. The van der Waals surface area contributed by atoms with Gasteiger partial charge in [0.1, 0.15) is 5.60 Å². The zero-order chi connectivity index (χ0) is 15.1. The fourth-order valence-electron chi connectivity index (χ4n) is 2.39. The van der Waals surface area contributed by atoms with Gasteiger partial charge in [-0.1, -0.05) is 83.3 Å². The average Bonchev–Trinajstić information content (AvgIpc) is 2.58. The largest absolute Gasteiger partial charge is 0.373 e. The minimum absolute atomic E-state index is 0.165. The van der Waals surface area contributed by atoms with Gasteiger partial charge in [0.2, 0.25) is 0 Å². The molecule has 3 heteroatoms. The molecule has 0 saturated carbocycles. The Morgan fingerprint density at radius 2 is 1.62 bits per heavy atom. The lowest BCUT2D eigenvalue weighted by Crippen LogP contribution is -2.31. The molecule has 0 N–H and O–H groups in total. The standard InChI is InChI=1S/C18H19IO2/c1-21-18(14-19,16-10-6-3-7-11-16)13-12-17(20)15-8-4-2-5-9-15/h2-11H,12-14H2,1H3. The second-order valence-electron chi connectivity index (χ2n) is 4.99. The van der Waals surface area contributed by atoms with Gasteiger partial charge in [-0.15, -0.1) is 0 Å². The first-order valence-electron chi connectivity index (χ1n) is 6.97. The molecule has 0 aliphatic heterocycles. The number of carbonyl (C=O) groups excluding carboxylic acids is 1. The van der Waals surface area contributed by atoms with Crippen molar-refractivity contribution in [3.63, 3.8) is 0 Å². The molecular weight excluding hydrogens is 375 g/mol. The highest BCUT2D eigenvalue weighted by Gasteiger charge is 2.31. The van der Waals surface area contributed by atoms with Crippen LogP contribution in [0.1, 0.15) is 28.8 Å². The van der Waals surface area contributed by atoms with Gasteiger partial charge < -0.3 is 4.74 Å². The number of hydrogen-bond donors (Lipinski definition) is 0. The molecule has 110 valence electrons. The van der Waals surface area contributed by atoms with Gasteiger partial charge in [0.15, 0.2) is 5.78 Å². The topological polar surface area (TPSA) is 26.3 Å². The van der Waals surface area contributed by atoms with Crippen molar-refractivity contribution in [2.75, 3.05) is 11.5 Å². The van der Waals surface area contributed by atoms with Gasteiger partial charge in [-0.2, -0.15) is 0 Å². The van der Waals surface area contributed by atoms with Crippen LogP contribution in [0.3, 0.4) is 0 Å². The fourth-order valence-corrected chi connectivity index (χ4v) is 3.52. The molecule has 2 rings (SSSR count). The third kappa shape index (κ3) is 3.92. The maximum atomic E-state index is 12.3. The number of halogens is 1. The van der Waals surface area contributed by atoms with Crippen LogP contribution in [0.25, 0.3) is 0 Å². The molecule has 0 heterocycles. The van der Waals surface area contributed by atoms with E-state index < -0.39 is 5.60 Å². The zero-order valence-corrected chi connectivity index (χ0v) is 14.2. The van der Waals surface area contributed by atoms with Crippen LogP contribution in [-0.4, -0.2) is 17.3 Å². The Morgan fingerprint density at radius 1 is 1.05 bits per heavy atom. The highest BCUT2D eigenvalue weighted by Crippen LogP contribution is 2.33. The summed E-state index contributed by atoms with van der Waals surface area (Å²) in [7, 11) is 1.72. The van der Waals surface area contributed by atoms with E-state index in [-0.39, 0.29) is 5.78 Å². The summed E-state index contributed by atoms with van der Waals surface area (Å²) >= 11 is 2.33. The van der Waals surface area contributed by atoms with Crippen molar-refractivity contribution >= 4 is 28.4 Å². The van der Waals surface area contributed by atoms with Crippen molar-refractivity contribution < 1.29 is 9.53 Å². The molecule has 1 unspecified atom stereocenters. The first-order valence-corrected chi connectivity index (χ1v) is 8.49. The van der Waals surface area contributed by atoms with Crippen LogP contribution in [0.5, 0.6) is 0 Å². The molecule has 0 aromatic heterocycles. The molecule has 2 aromatic carbocycles. The third-order valence-corrected chi connectivity index (χ3v) is 4.99. The van der Waals surface area contributed by atoms with E-state index >= 15 is 0 Å². The highest BCUT2D eigenvalue weighted by molar-refractivity contribution is 14.1. The number of benzene rings is 2. The molecule has 0 fully saturated rings. The lowest BCUT2D eigenvalue weighted by atomic mass is 9.89. The molecule has 0 saturated heterocycles. The summed E-state index contributed by atoms with van der Waals surface area (Å²) in [5.41, 5.74) is 1.50. The average molecular weight is 394 g/mol. The quantitative estimate of drug-likeness (QED) is 0.389. The normalized spacial score (nSPS) is 13.6. The summed E-state index contributed by atoms with van der Waals surface area (Å²) < 4.78 is 6.61.